The molecule has 0 aliphatic rings. The molecule has 0 N–H and O–H groups in total. The van der Waals surface area contributed by atoms with E-state index in [0.717, 1.165) is 6.42 Å². The zero-order valence-corrected chi connectivity index (χ0v) is 5.47. The highest BCUT2D eigenvalue weighted by Gasteiger charge is 1.89. The minimum absolute atomic E-state index is 0.347. The zero-order chi connectivity index (χ0) is 7.23. The highest BCUT2D eigenvalue weighted by atomic mass is 16.3. The Morgan fingerprint density at radius 3 is 3.10 bits per heavy atom. The molecule has 0 aliphatic carbocycles. The van der Waals surface area contributed by atoms with Gasteiger partial charge in [-0.1, -0.05) is 10.4 Å². The molecule has 5 heteroatoms. The molecule has 10 heavy (non-hydrogen) atoms. The van der Waals surface area contributed by atoms with Gasteiger partial charge in [0.25, 0.3) is 0 Å². The molecule has 0 saturated carbocycles. The van der Waals surface area contributed by atoms with Crippen LogP contribution in [0.5, 0.6) is 0 Å². The topological polar surface area (TPSA) is 60.1 Å². The summed E-state index contributed by atoms with van der Waals surface area (Å²) in [5.74, 6) is 0. The zero-order valence-electron chi connectivity index (χ0n) is 5.47. The molecule has 0 radical (unpaired) electrons. The van der Waals surface area contributed by atoms with Gasteiger partial charge in [0.1, 0.15) is 0 Å². The molecule has 0 bridgehead atoms. The van der Waals surface area contributed by atoms with Crippen molar-refractivity contribution in [3.63, 3.8) is 0 Å². The van der Waals surface area contributed by atoms with Crippen LogP contribution in [0.3, 0.4) is 0 Å². The maximum Gasteiger partial charge on any atom is 0.0828 e. The van der Waals surface area contributed by atoms with Crippen LogP contribution < -0.4 is 0 Å². The lowest BCUT2D eigenvalue weighted by Crippen LogP contribution is -1.99. The maximum absolute atomic E-state index is 9.64. The van der Waals surface area contributed by atoms with Crippen LogP contribution in [0.15, 0.2) is 17.6 Å². The summed E-state index contributed by atoms with van der Waals surface area (Å²) in [6.45, 7) is 1.06. The van der Waals surface area contributed by atoms with Crippen LogP contribution >= 0.6 is 0 Å². The molecule has 1 heterocycles. The van der Waals surface area contributed by atoms with Crippen LogP contribution in [0, 0.1) is 4.91 Å². The van der Waals surface area contributed by atoms with E-state index in [4.69, 9.17) is 0 Å². The second-order valence-electron chi connectivity index (χ2n) is 1.87. The summed E-state index contributed by atoms with van der Waals surface area (Å²) in [7, 11) is 0. The predicted molar refractivity (Wildman–Crippen MR) is 35.3 cm³/mol. The average Bonchev–Trinajstić information content (AvgIpc) is 2.41. The lowest BCUT2D eigenvalue weighted by atomic mass is 10.4. The molecule has 0 spiro atoms. The fraction of sp³-hybridized carbons (Fsp3) is 0.600. The van der Waals surface area contributed by atoms with Crippen LogP contribution in [0.1, 0.15) is 6.42 Å². The molecule has 0 fully saturated rings. The van der Waals surface area contributed by atoms with Crippen LogP contribution in [0.25, 0.3) is 0 Å². The molecule has 0 aliphatic heterocycles. The van der Waals surface area contributed by atoms with Gasteiger partial charge in [0.05, 0.1) is 12.7 Å². The van der Waals surface area contributed by atoms with Crippen molar-refractivity contribution in [1.29, 1.82) is 0 Å². The Morgan fingerprint density at radius 1 is 1.60 bits per heavy atom. The van der Waals surface area contributed by atoms with Crippen molar-refractivity contribution < 1.29 is 0 Å². The van der Waals surface area contributed by atoms with Crippen molar-refractivity contribution in [2.24, 2.45) is 5.18 Å². The number of rotatable bonds is 4. The SMILES string of the molecule is O=NCCCn1ccnn1. The van der Waals surface area contributed by atoms with E-state index in [9.17, 15) is 4.91 Å². The van der Waals surface area contributed by atoms with Crippen molar-refractivity contribution in [3.05, 3.63) is 17.3 Å². The summed E-state index contributed by atoms with van der Waals surface area (Å²) in [4.78, 5) is 9.64. The number of hydrogen-bond acceptors (Lipinski definition) is 4. The van der Waals surface area contributed by atoms with Gasteiger partial charge in [0, 0.05) is 12.7 Å². The molecule has 0 amide bonds. The summed E-state index contributed by atoms with van der Waals surface area (Å²) in [6.07, 6.45) is 4.09. The van der Waals surface area contributed by atoms with Gasteiger partial charge in [0.2, 0.25) is 0 Å². The highest BCUT2D eigenvalue weighted by molar-refractivity contribution is 4.63. The summed E-state index contributed by atoms with van der Waals surface area (Å²) in [5, 5.41) is 10.0. The molecule has 5 nitrogen and oxygen atoms in total. The Labute approximate surface area is 58.0 Å². The molecule has 0 atom stereocenters. The fourth-order valence-corrected chi connectivity index (χ4v) is 0.649. The standard InChI is InChI=1S/C5H8N4O/c10-7-2-1-4-9-5-3-6-8-9/h3,5H,1-2,4H2. The minimum Gasteiger partial charge on any atom is -0.253 e. The first-order chi connectivity index (χ1) is 4.93. The van der Waals surface area contributed by atoms with E-state index in [-0.39, 0.29) is 0 Å². The van der Waals surface area contributed by atoms with Crippen molar-refractivity contribution in [3.8, 4) is 0 Å². The molecule has 0 aromatic carbocycles. The quantitative estimate of drug-likeness (QED) is 0.450. The van der Waals surface area contributed by atoms with Gasteiger partial charge in [0.15, 0.2) is 0 Å². The van der Waals surface area contributed by atoms with E-state index in [2.05, 4.69) is 15.5 Å². The third-order valence-corrected chi connectivity index (χ3v) is 1.11. The molecule has 1 aromatic heterocycles. The first kappa shape index (κ1) is 6.85. The number of nitrogens with zero attached hydrogens (tertiary/aromatic N) is 4. The largest absolute Gasteiger partial charge is 0.253 e. The van der Waals surface area contributed by atoms with Crippen LogP contribution in [-0.2, 0) is 6.54 Å². The third kappa shape index (κ3) is 1.93. The van der Waals surface area contributed by atoms with Crippen molar-refractivity contribution >= 4 is 0 Å². The van der Waals surface area contributed by atoms with Crippen molar-refractivity contribution in [2.75, 3.05) is 6.54 Å². The Balaban J connectivity index is 2.21. The highest BCUT2D eigenvalue weighted by Crippen LogP contribution is 1.86. The number of aryl methyl sites for hydroxylation is 1. The van der Waals surface area contributed by atoms with Gasteiger partial charge in [-0.25, -0.2) is 0 Å². The predicted octanol–water partition coefficient (Wildman–Crippen LogP) is 0.435. The van der Waals surface area contributed by atoms with Gasteiger partial charge in [-0.15, -0.1) is 5.10 Å². The second kappa shape index (κ2) is 3.71. The molecular weight excluding hydrogens is 132 g/mol. The molecule has 1 rings (SSSR count). The third-order valence-electron chi connectivity index (χ3n) is 1.11. The van der Waals surface area contributed by atoms with Gasteiger partial charge in [-0.05, 0) is 6.42 Å². The maximum atomic E-state index is 9.64. The van der Waals surface area contributed by atoms with Crippen molar-refractivity contribution in [2.45, 2.75) is 13.0 Å². The normalized spacial score (nSPS) is 9.60. The van der Waals surface area contributed by atoms with Crippen LogP contribution in [0.4, 0.5) is 0 Å². The Morgan fingerprint density at radius 2 is 2.50 bits per heavy atom. The van der Waals surface area contributed by atoms with Crippen LogP contribution in [-0.4, -0.2) is 21.5 Å². The van der Waals surface area contributed by atoms with Gasteiger partial charge < -0.3 is 0 Å². The summed E-state index contributed by atoms with van der Waals surface area (Å²) in [5.41, 5.74) is 0. The van der Waals surface area contributed by atoms with E-state index in [1.807, 2.05) is 0 Å². The van der Waals surface area contributed by atoms with E-state index < -0.39 is 0 Å². The molecular formula is C5H8N4O. The van der Waals surface area contributed by atoms with Crippen molar-refractivity contribution in [1.82, 2.24) is 15.0 Å². The smallest absolute Gasteiger partial charge is 0.0828 e. The van der Waals surface area contributed by atoms with Gasteiger partial charge in [-0.3, -0.25) is 4.68 Å². The monoisotopic (exact) mass is 140 g/mol. The van der Waals surface area contributed by atoms with E-state index in [1.54, 1.807) is 17.1 Å². The Kier molecular flexibility index (Phi) is 2.54. The van der Waals surface area contributed by atoms with E-state index in [1.165, 1.54) is 0 Å². The fourth-order valence-electron chi connectivity index (χ4n) is 0.649. The molecule has 54 valence electrons. The van der Waals surface area contributed by atoms with Gasteiger partial charge >= 0.3 is 0 Å². The second-order valence-corrected chi connectivity index (χ2v) is 1.87. The summed E-state index contributed by atoms with van der Waals surface area (Å²) < 4.78 is 1.67. The molecule has 1 aromatic rings. The number of aromatic nitrogens is 3. The number of nitroso groups, excluding NO2 is 1. The molecule has 0 saturated heterocycles. The first-order valence-corrected chi connectivity index (χ1v) is 3.06. The van der Waals surface area contributed by atoms with E-state index >= 15 is 0 Å². The van der Waals surface area contributed by atoms with Gasteiger partial charge in [-0.2, -0.15) is 4.91 Å². The Hall–Kier alpha value is -1.26. The molecule has 0 unspecified atom stereocenters. The lowest BCUT2D eigenvalue weighted by Gasteiger charge is -1.93. The summed E-state index contributed by atoms with van der Waals surface area (Å²) in [6, 6.07) is 0. The lowest BCUT2D eigenvalue weighted by molar-refractivity contribution is 0.564. The number of hydrogen-bond donors (Lipinski definition) is 0. The summed E-state index contributed by atoms with van der Waals surface area (Å²) >= 11 is 0. The Bertz CT molecular complexity index is 184. The van der Waals surface area contributed by atoms with Crippen LogP contribution in [0.2, 0.25) is 0 Å². The first-order valence-electron chi connectivity index (χ1n) is 3.06. The minimum atomic E-state index is 0.347. The van der Waals surface area contributed by atoms with E-state index in [0.29, 0.717) is 13.1 Å². The average molecular weight is 140 g/mol.